The van der Waals surface area contributed by atoms with Crippen LogP contribution in [0.1, 0.15) is 37.6 Å². The Morgan fingerprint density at radius 3 is 2.53 bits per heavy atom. The average molecular weight is 274 g/mol. The van der Waals surface area contributed by atoms with Crippen LogP contribution >= 0.6 is 23.2 Å². The maximum atomic E-state index is 12.1. The number of ketones is 1. The number of Topliss-reactive ketones (excluding diaryl/α,β-unsaturated/α-hetero) is 1. The number of halogens is 2. The van der Waals surface area contributed by atoms with Crippen molar-refractivity contribution in [2.24, 2.45) is 0 Å². The van der Waals surface area contributed by atoms with E-state index in [1.165, 1.54) is 0 Å². The molecule has 0 aliphatic rings. The van der Waals surface area contributed by atoms with Gasteiger partial charge in [0.1, 0.15) is 0 Å². The van der Waals surface area contributed by atoms with Crippen LogP contribution < -0.4 is 5.32 Å². The molecule has 0 saturated heterocycles. The van der Waals surface area contributed by atoms with E-state index >= 15 is 0 Å². The molecule has 17 heavy (non-hydrogen) atoms. The van der Waals surface area contributed by atoms with Crippen molar-refractivity contribution < 1.29 is 4.79 Å². The summed E-state index contributed by atoms with van der Waals surface area (Å²) in [4.78, 5) is 12.1. The minimum atomic E-state index is -0.247. The molecular formula is C13H17Cl2NO. The molecule has 2 unspecified atom stereocenters. The molecule has 0 aromatic heterocycles. The summed E-state index contributed by atoms with van der Waals surface area (Å²) in [6.45, 7) is 5.97. The lowest BCUT2D eigenvalue weighted by Crippen LogP contribution is -2.39. The van der Waals surface area contributed by atoms with Gasteiger partial charge in [0.2, 0.25) is 0 Å². The average Bonchev–Trinajstić information content (AvgIpc) is 2.28. The van der Waals surface area contributed by atoms with E-state index in [1.807, 2.05) is 13.8 Å². The van der Waals surface area contributed by atoms with Gasteiger partial charge in [-0.3, -0.25) is 4.79 Å². The van der Waals surface area contributed by atoms with Crippen LogP contribution in [0, 0.1) is 0 Å². The Balaban J connectivity index is 2.81. The lowest BCUT2D eigenvalue weighted by Gasteiger charge is -2.18. The highest BCUT2D eigenvalue weighted by molar-refractivity contribution is 6.37. The lowest BCUT2D eigenvalue weighted by atomic mass is 10.0. The highest BCUT2D eigenvalue weighted by Crippen LogP contribution is 2.22. The lowest BCUT2D eigenvalue weighted by molar-refractivity contribution is 0.0945. The zero-order chi connectivity index (χ0) is 13.0. The Kier molecular flexibility index (Phi) is 5.44. The highest BCUT2D eigenvalue weighted by Gasteiger charge is 2.18. The summed E-state index contributed by atoms with van der Waals surface area (Å²) in [5.41, 5.74) is 0.513. The molecule has 1 aromatic rings. The van der Waals surface area contributed by atoms with E-state index in [4.69, 9.17) is 23.2 Å². The molecule has 0 aliphatic heterocycles. The van der Waals surface area contributed by atoms with Crippen LogP contribution in [-0.2, 0) is 0 Å². The third-order valence-corrected chi connectivity index (χ3v) is 3.28. The minimum Gasteiger partial charge on any atom is -0.305 e. The van der Waals surface area contributed by atoms with Crippen LogP contribution in [-0.4, -0.2) is 17.9 Å². The van der Waals surface area contributed by atoms with Gasteiger partial charge < -0.3 is 5.32 Å². The van der Waals surface area contributed by atoms with E-state index < -0.39 is 0 Å². The molecule has 2 atom stereocenters. The van der Waals surface area contributed by atoms with E-state index in [0.29, 0.717) is 21.7 Å². The molecule has 94 valence electrons. The standard InChI is InChI=1S/C13H17Cl2NO/c1-4-8(2)16-9(3)13(17)11-6-5-10(14)7-12(11)15/h5-9,16H,4H2,1-3H3. The summed E-state index contributed by atoms with van der Waals surface area (Å²) in [5.74, 6) is -0.00744. The van der Waals surface area contributed by atoms with Crippen molar-refractivity contribution in [3.8, 4) is 0 Å². The summed E-state index contributed by atoms with van der Waals surface area (Å²) in [6, 6.07) is 4.99. The Morgan fingerprint density at radius 1 is 1.35 bits per heavy atom. The smallest absolute Gasteiger partial charge is 0.180 e. The van der Waals surface area contributed by atoms with Crippen molar-refractivity contribution in [2.45, 2.75) is 39.3 Å². The van der Waals surface area contributed by atoms with Crippen LogP contribution in [0.3, 0.4) is 0 Å². The number of hydrogen-bond donors (Lipinski definition) is 1. The number of carbonyl (C=O) groups excluding carboxylic acids is 1. The van der Waals surface area contributed by atoms with Crippen molar-refractivity contribution in [2.75, 3.05) is 0 Å². The second-order valence-corrected chi connectivity index (χ2v) is 5.03. The summed E-state index contributed by atoms with van der Waals surface area (Å²) >= 11 is 11.8. The normalized spacial score (nSPS) is 14.4. The zero-order valence-electron chi connectivity index (χ0n) is 10.3. The molecule has 0 saturated carbocycles. The van der Waals surface area contributed by atoms with Crippen molar-refractivity contribution >= 4 is 29.0 Å². The van der Waals surface area contributed by atoms with Gasteiger partial charge in [-0.25, -0.2) is 0 Å². The first kappa shape index (κ1) is 14.5. The first-order valence-corrected chi connectivity index (χ1v) is 6.46. The van der Waals surface area contributed by atoms with E-state index in [-0.39, 0.29) is 11.8 Å². The number of nitrogens with one attached hydrogen (secondary N) is 1. The molecule has 2 nitrogen and oxygen atoms in total. The fraction of sp³-hybridized carbons (Fsp3) is 0.462. The second kappa shape index (κ2) is 6.39. The number of hydrogen-bond acceptors (Lipinski definition) is 2. The number of carbonyl (C=O) groups is 1. The van der Waals surface area contributed by atoms with Crippen molar-refractivity contribution in [3.05, 3.63) is 33.8 Å². The Hall–Kier alpha value is -0.570. The number of benzene rings is 1. The van der Waals surface area contributed by atoms with Crippen LogP contribution in [0.25, 0.3) is 0 Å². The zero-order valence-corrected chi connectivity index (χ0v) is 11.8. The van der Waals surface area contributed by atoms with Gasteiger partial charge in [0.15, 0.2) is 5.78 Å². The first-order valence-electron chi connectivity index (χ1n) is 5.71. The predicted molar refractivity (Wildman–Crippen MR) is 73.1 cm³/mol. The van der Waals surface area contributed by atoms with Gasteiger partial charge in [-0.05, 0) is 38.5 Å². The van der Waals surface area contributed by atoms with Crippen molar-refractivity contribution in [1.29, 1.82) is 0 Å². The largest absolute Gasteiger partial charge is 0.305 e. The Bertz CT molecular complexity index is 406. The second-order valence-electron chi connectivity index (χ2n) is 4.19. The molecule has 4 heteroatoms. The highest BCUT2D eigenvalue weighted by atomic mass is 35.5. The van der Waals surface area contributed by atoms with Gasteiger partial charge in [0, 0.05) is 16.6 Å². The van der Waals surface area contributed by atoms with Gasteiger partial charge in [0.05, 0.1) is 11.1 Å². The minimum absolute atomic E-state index is 0.00744. The molecule has 0 aliphatic carbocycles. The van der Waals surface area contributed by atoms with Crippen LogP contribution in [0.4, 0.5) is 0 Å². The van der Waals surface area contributed by atoms with Gasteiger partial charge >= 0.3 is 0 Å². The molecule has 0 fully saturated rings. The summed E-state index contributed by atoms with van der Waals surface area (Å²) < 4.78 is 0. The summed E-state index contributed by atoms with van der Waals surface area (Å²) in [6.07, 6.45) is 0.978. The molecule has 0 bridgehead atoms. The maximum absolute atomic E-state index is 12.1. The van der Waals surface area contributed by atoms with E-state index in [2.05, 4.69) is 12.2 Å². The fourth-order valence-electron chi connectivity index (χ4n) is 1.54. The van der Waals surface area contributed by atoms with E-state index in [0.717, 1.165) is 6.42 Å². The van der Waals surface area contributed by atoms with Gasteiger partial charge in [-0.2, -0.15) is 0 Å². The molecule has 1 rings (SSSR count). The molecule has 0 spiro atoms. The van der Waals surface area contributed by atoms with Crippen LogP contribution in [0.15, 0.2) is 18.2 Å². The third-order valence-electron chi connectivity index (χ3n) is 2.74. The molecular weight excluding hydrogens is 257 g/mol. The Morgan fingerprint density at radius 2 is 2.00 bits per heavy atom. The molecule has 0 heterocycles. The molecule has 1 N–H and O–H groups in total. The SMILES string of the molecule is CCC(C)NC(C)C(=O)c1ccc(Cl)cc1Cl. The quantitative estimate of drug-likeness (QED) is 0.823. The van der Waals surface area contributed by atoms with E-state index in [1.54, 1.807) is 18.2 Å². The molecule has 1 aromatic carbocycles. The molecule has 0 amide bonds. The summed E-state index contributed by atoms with van der Waals surface area (Å²) in [7, 11) is 0. The fourth-order valence-corrected chi connectivity index (χ4v) is 2.04. The topological polar surface area (TPSA) is 29.1 Å². The van der Waals surface area contributed by atoms with Gasteiger partial charge in [0.25, 0.3) is 0 Å². The molecule has 0 radical (unpaired) electrons. The van der Waals surface area contributed by atoms with Crippen LogP contribution in [0.5, 0.6) is 0 Å². The van der Waals surface area contributed by atoms with Crippen molar-refractivity contribution in [3.63, 3.8) is 0 Å². The number of rotatable bonds is 5. The van der Waals surface area contributed by atoms with E-state index in [9.17, 15) is 4.79 Å². The predicted octanol–water partition coefficient (Wildman–Crippen LogP) is 3.95. The monoisotopic (exact) mass is 273 g/mol. The van der Waals surface area contributed by atoms with Gasteiger partial charge in [-0.15, -0.1) is 0 Å². The van der Waals surface area contributed by atoms with Gasteiger partial charge in [-0.1, -0.05) is 30.1 Å². The van der Waals surface area contributed by atoms with Crippen molar-refractivity contribution in [1.82, 2.24) is 5.32 Å². The maximum Gasteiger partial charge on any atom is 0.180 e. The third kappa shape index (κ3) is 3.98. The van der Waals surface area contributed by atoms with Crippen LogP contribution in [0.2, 0.25) is 10.0 Å². The summed E-state index contributed by atoms with van der Waals surface area (Å²) in [5, 5.41) is 4.17. The first-order chi connectivity index (χ1) is 7.95. The Labute approximate surface area is 112 Å².